The molecule has 0 aromatic heterocycles. The zero-order valence-corrected chi connectivity index (χ0v) is 19.4. The first kappa shape index (κ1) is 23.7. The molecule has 7 nitrogen and oxygen atoms in total. The van der Waals surface area contributed by atoms with Gasteiger partial charge in [-0.25, -0.2) is 0 Å². The second kappa shape index (κ2) is 10.7. The van der Waals surface area contributed by atoms with Crippen LogP contribution in [0.25, 0.3) is 10.8 Å². The average Bonchev–Trinajstić information content (AvgIpc) is 3.29. The van der Waals surface area contributed by atoms with Crippen LogP contribution in [0, 0.1) is 0 Å². The number of ether oxygens (including phenoxy) is 1. The van der Waals surface area contributed by atoms with Gasteiger partial charge in [-0.3, -0.25) is 9.59 Å². The van der Waals surface area contributed by atoms with Gasteiger partial charge in [0.1, 0.15) is 5.75 Å². The summed E-state index contributed by atoms with van der Waals surface area (Å²) in [4.78, 5) is 27.8. The molecule has 0 bridgehead atoms. The van der Waals surface area contributed by atoms with E-state index in [9.17, 15) is 9.59 Å². The lowest BCUT2D eigenvalue weighted by molar-refractivity contribution is -0.123. The molecule has 4 rings (SSSR count). The van der Waals surface area contributed by atoms with Crippen LogP contribution in [0.2, 0.25) is 0 Å². The van der Waals surface area contributed by atoms with E-state index >= 15 is 0 Å². The smallest absolute Gasteiger partial charge is 0.254 e. The number of carbonyl (C=O) groups is 2. The SMILES string of the molecule is COc1ccc2cc(C(=O)N3C[C@@H](NC(=O)[C@@H](N)CCc4ccccc4)C[C@H]3CN)ccc2c1. The highest BCUT2D eigenvalue weighted by atomic mass is 16.5. The van der Waals surface area contributed by atoms with E-state index in [1.807, 2.05) is 66.7 Å². The molecule has 0 spiro atoms. The van der Waals surface area contributed by atoms with Gasteiger partial charge in [-0.1, -0.05) is 42.5 Å². The maximum Gasteiger partial charge on any atom is 0.254 e. The maximum absolute atomic E-state index is 13.3. The van der Waals surface area contributed by atoms with Crippen molar-refractivity contribution < 1.29 is 14.3 Å². The van der Waals surface area contributed by atoms with E-state index < -0.39 is 6.04 Å². The van der Waals surface area contributed by atoms with Crippen LogP contribution in [0.4, 0.5) is 0 Å². The van der Waals surface area contributed by atoms with E-state index in [0.29, 0.717) is 31.5 Å². The summed E-state index contributed by atoms with van der Waals surface area (Å²) < 4.78 is 5.28. The van der Waals surface area contributed by atoms with Crippen molar-refractivity contribution in [3.63, 3.8) is 0 Å². The normalized spacial score (nSPS) is 18.6. The molecule has 3 aromatic carbocycles. The molecule has 0 saturated carbocycles. The summed E-state index contributed by atoms with van der Waals surface area (Å²) >= 11 is 0. The summed E-state index contributed by atoms with van der Waals surface area (Å²) in [6.07, 6.45) is 1.92. The molecule has 7 heteroatoms. The van der Waals surface area contributed by atoms with Crippen molar-refractivity contribution in [2.75, 3.05) is 20.2 Å². The topological polar surface area (TPSA) is 111 Å². The summed E-state index contributed by atoms with van der Waals surface area (Å²) in [5.41, 5.74) is 13.9. The zero-order chi connectivity index (χ0) is 24.1. The van der Waals surface area contributed by atoms with E-state index in [0.717, 1.165) is 28.5 Å². The van der Waals surface area contributed by atoms with Gasteiger partial charge in [0.25, 0.3) is 5.91 Å². The number of rotatable bonds is 8. The minimum atomic E-state index is -0.598. The number of nitrogens with one attached hydrogen (secondary N) is 1. The first-order chi connectivity index (χ1) is 16.5. The number of hydrogen-bond donors (Lipinski definition) is 3. The van der Waals surface area contributed by atoms with Crippen LogP contribution >= 0.6 is 0 Å². The van der Waals surface area contributed by atoms with Crippen LogP contribution in [-0.4, -0.2) is 55.0 Å². The van der Waals surface area contributed by atoms with Crippen molar-refractivity contribution >= 4 is 22.6 Å². The Morgan fingerprint density at radius 2 is 1.82 bits per heavy atom. The van der Waals surface area contributed by atoms with Crippen molar-refractivity contribution in [3.05, 3.63) is 77.9 Å². The molecular formula is C27H32N4O3. The highest BCUT2D eigenvalue weighted by Crippen LogP contribution is 2.25. The highest BCUT2D eigenvalue weighted by Gasteiger charge is 2.36. The fraction of sp³-hybridized carbons (Fsp3) is 0.333. The lowest BCUT2D eigenvalue weighted by atomic mass is 10.0. The Morgan fingerprint density at radius 3 is 2.56 bits per heavy atom. The van der Waals surface area contributed by atoms with Gasteiger partial charge in [0.2, 0.25) is 5.91 Å². The molecule has 5 N–H and O–H groups in total. The van der Waals surface area contributed by atoms with Crippen molar-refractivity contribution in [2.45, 2.75) is 37.4 Å². The number of nitrogens with two attached hydrogens (primary N) is 2. The number of fused-ring (bicyclic) bond motifs is 1. The van der Waals surface area contributed by atoms with Crippen molar-refractivity contribution in [1.29, 1.82) is 0 Å². The van der Waals surface area contributed by atoms with Crippen molar-refractivity contribution in [3.8, 4) is 5.75 Å². The third-order valence-electron chi connectivity index (χ3n) is 6.51. The van der Waals surface area contributed by atoms with Gasteiger partial charge in [-0.05, 0) is 59.9 Å². The Bertz CT molecular complexity index is 1150. The lowest BCUT2D eigenvalue weighted by Gasteiger charge is -2.23. The quantitative estimate of drug-likeness (QED) is 0.478. The van der Waals surface area contributed by atoms with Gasteiger partial charge < -0.3 is 26.4 Å². The predicted octanol–water partition coefficient (Wildman–Crippen LogP) is 2.47. The molecule has 0 unspecified atom stereocenters. The van der Waals surface area contributed by atoms with Gasteiger partial charge in [-0.2, -0.15) is 0 Å². The van der Waals surface area contributed by atoms with Gasteiger partial charge in [-0.15, -0.1) is 0 Å². The number of hydrogen-bond acceptors (Lipinski definition) is 5. The van der Waals surface area contributed by atoms with Gasteiger partial charge >= 0.3 is 0 Å². The second-order valence-corrected chi connectivity index (χ2v) is 8.85. The molecule has 3 atom stereocenters. The average molecular weight is 461 g/mol. The van der Waals surface area contributed by atoms with Crippen LogP contribution < -0.4 is 21.5 Å². The van der Waals surface area contributed by atoms with E-state index in [2.05, 4.69) is 5.32 Å². The van der Waals surface area contributed by atoms with Crippen LogP contribution in [0.1, 0.15) is 28.8 Å². The third-order valence-corrected chi connectivity index (χ3v) is 6.51. The summed E-state index contributed by atoms with van der Waals surface area (Å²) in [5.74, 6) is 0.499. The van der Waals surface area contributed by atoms with E-state index in [1.165, 1.54) is 0 Å². The summed E-state index contributed by atoms with van der Waals surface area (Å²) in [6.45, 7) is 0.751. The maximum atomic E-state index is 13.3. The van der Waals surface area contributed by atoms with Gasteiger partial charge in [0, 0.05) is 30.7 Å². The number of amides is 2. The molecular weight excluding hydrogens is 428 g/mol. The number of aryl methyl sites for hydroxylation is 1. The Kier molecular flexibility index (Phi) is 7.45. The number of methoxy groups -OCH3 is 1. The molecule has 178 valence electrons. The summed E-state index contributed by atoms with van der Waals surface area (Å²) in [5, 5.41) is 5.00. The minimum absolute atomic E-state index is 0.0849. The van der Waals surface area contributed by atoms with Crippen LogP contribution in [0.3, 0.4) is 0 Å². The Balaban J connectivity index is 1.38. The molecule has 0 radical (unpaired) electrons. The molecule has 1 fully saturated rings. The van der Waals surface area contributed by atoms with E-state index in [4.69, 9.17) is 16.2 Å². The van der Waals surface area contributed by atoms with E-state index in [-0.39, 0.29) is 23.9 Å². The molecule has 1 aliphatic heterocycles. The molecule has 0 aliphatic carbocycles. The van der Waals surface area contributed by atoms with E-state index in [1.54, 1.807) is 12.0 Å². The van der Waals surface area contributed by atoms with Crippen LogP contribution in [0.5, 0.6) is 5.75 Å². The Hall–Kier alpha value is -3.42. The molecule has 1 aliphatic rings. The standard InChI is InChI=1S/C27H32N4O3/c1-34-24-11-10-19-13-21(9-8-20(19)14-24)27(33)31-17-22(15-23(31)16-28)30-26(32)25(29)12-7-18-5-3-2-4-6-18/h2-6,8-11,13-14,22-23,25H,7,12,15-17,28-29H2,1H3,(H,30,32)/t22-,23-,25-/m0/s1. The fourth-order valence-corrected chi connectivity index (χ4v) is 4.55. The van der Waals surface area contributed by atoms with Crippen LogP contribution in [-0.2, 0) is 11.2 Å². The number of nitrogens with zero attached hydrogens (tertiary/aromatic N) is 1. The minimum Gasteiger partial charge on any atom is -0.497 e. The van der Waals surface area contributed by atoms with Gasteiger partial charge in [0.15, 0.2) is 0 Å². The molecule has 1 heterocycles. The number of likely N-dealkylation sites (tertiary alicyclic amines) is 1. The summed E-state index contributed by atoms with van der Waals surface area (Å²) in [6, 6.07) is 20.5. The van der Waals surface area contributed by atoms with Gasteiger partial charge in [0.05, 0.1) is 13.2 Å². The van der Waals surface area contributed by atoms with Crippen molar-refractivity contribution in [2.24, 2.45) is 11.5 Å². The van der Waals surface area contributed by atoms with Crippen molar-refractivity contribution in [1.82, 2.24) is 10.2 Å². The second-order valence-electron chi connectivity index (χ2n) is 8.85. The first-order valence-electron chi connectivity index (χ1n) is 11.7. The molecule has 3 aromatic rings. The number of carbonyl (C=O) groups excluding carboxylic acids is 2. The fourth-order valence-electron chi connectivity index (χ4n) is 4.55. The first-order valence-corrected chi connectivity index (χ1v) is 11.7. The monoisotopic (exact) mass is 460 g/mol. The molecule has 1 saturated heterocycles. The zero-order valence-electron chi connectivity index (χ0n) is 19.4. The predicted molar refractivity (Wildman–Crippen MR) is 134 cm³/mol. The third kappa shape index (κ3) is 5.38. The van der Waals surface area contributed by atoms with Crippen LogP contribution in [0.15, 0.2) is 66.7 Å². The highest BCUT2D eigenvalue weighted by molar-refractivity contribution is 5.99. The Labute approximate surface area is 200 Å². The lowest BCUT2D eigenvalue weighted by Crippen LogP contribution is -2.46. The molecule has 34 heavy (non-hydrogen) atoms. The number of benzene rings is 3. The summed E-state index contributed by atoms with van der Waals surface area (Å²) in [7, 11) is 1.63. The Morgan fingerprint density at radius 1 is 1.09 bits per heavy atom. The largest absolute Gasteiger partial charge is 0.497 e. The molecule has 2 amide bonds.